The number of methoxy groups -OCH3 is 1. The number of nitrogens with zero attached hydrogens (tertiary/aromatic N) is 1. The zero-order valence-electron chi connectivity index (χ0n) is 14.9. The van der Waals surface area contributed by atoms with Gasteiger partial charge >= 0.3 is 0 Å². The third kappa shape index (κ3) is 4.87. The van der Waals surface area contributed by atoms with E-state index in [9.17, 15) is 4.79 Å². The van der Waals surface area contributed by atoms with E-state index in [4.69, 9.17) is 21.1 Å². The van der Waals surface area contributed by atoms with Crippen LogP contribution in [0.25, 0.3) is 0 Å². The minimum atomic E-state index is -0.255. The molecule has 2 rings (SSSR count). The Bertz CT molecular complexity index is 747. The number of carbonyl (C=O) groups excluding carboxylic acids is 1. The Hall–Kier alpha value is -2.24. The summed E-state index contributed by atoms with van der Waals surface area (Å²) in [4.78, 5) is 14.7. The summed E-state index contributed by atoms with van der Waals surface area (Å²) in [6.45, 7) is 3.04. The van der Waals surface area contributed by atoms with Crippen LogP contribution in [0.15, 0.2) is 36.4 Å². The van der Waals surface area contributed by atoms with Crippen molar-refractivity contribution in [1.82, 2.24) is 4.90 Å². The quantitative estimate of drug-likeness (QED) is 0.807. The van der Waals surface area contributed by atoms with Gasteiger partial charge in [0.25, 0.3) is 5.91 Å². The largest absolute Gasteiger partial charge is 0.493 e. The second kappa shape index (κ2) is 8.74. The van der Waals surface area contributed by atoms with Gasteiger partial charge in [0.05, 0.1) is 18.7 Å². The Morgan fingerprint density at radius 2 is 1.96 bits per heavy atom. The number of carbonyl (C=O) groups is 1. The molecule has 0 saturated carbocycles. The summed E-state index contributed by atoms with van der Waals surface area (Å²) in [7, 11) is 5.48. The number of nitrogens with one attached hydrogen (secondary N) is 1. The number of benzene rings is 2. The van der Waals surface area contributed by atoms with E-state index in [0.29, 0.717) is 28.7 Å². The molecule has 0 unspecified atom stereocenters. The number of para-hydroxylation sites is 1. The van der Waals surface area contributed by atoms with Crippen LogP contribution in [0.4, 0.5) is 5.69 Å². The Labute approximate surface area is 153 Å². The van der Waals surface area contributed by atoms with Crippen molar-refractivity contribution in [2.24, 2.45) is 0 Å². The number of amides is 1. The molecule has 0 aliphatic rings. The summed E-state index contributed by atoms with van der Waals surface area (Å²) >= 11 is 6.25. The second-order valence-corrected chi connectivity index (χ2v) is 6.18. The van der Waals surface area contributed by atoms with Crippen molar-refractivity contribution in [1.29, 1.82) is 0 Å². The van der Waals surface area contributed by atoms with Crippen LogP contribution < -0.4 is 14.8 Å². The van der Waals surface area contributed by atoms with Crippen molar-refractivity contribution in [3.63, 3.8) is 0 Å². The van der Waals surface area contributed by atoms with Gasteiger partial charge in [0.1, 0.15) is 0 Å². The average molecular weight is 363 g/mol. The van der Waals surface area contributed by atoms with Crippen LogP contribution in [0.2, 0.25) is 5.02 Å². The molecule has 0 aliphatic carbocycles. The molecule has 0 aromatic heterocycles. The first-order valence-corrected chi connectivity index (χ1v) is 8.38. The van der Waals surface area contributed by atoms with Crippen molar-refractivity contribution >= 4 is 23.2 Å². The van der Waals surface area contributed by atoms with Crippen LogP contribution in [-0.4, -0.2) is 38.6 Å². The van der Waals surface area contributed by atoms with E-state index >= 15 is 0 Å². The Balaban J connectivity index is 2.29. The number of ether oxygens (including phenoxy) is 2. The zero-order valence-corrected chi connectivity index (χ0v) is 15.7. The minimum absolute atomic E-state index is 0.255. The molecule has 0 spiro atoms. The van der Waals surface area contributed by atoms with E-state index in [1.807, 2.05) is 50.2 Å². The second-order valence-electron chi connectivity index (χ2n) is 5.77. The summed E-state index contributed by atoms with van der Waals surface area (Å²) in [5.41, 5.74) is 2.21. The minimum Gasteiger partial charge on any atom is -0.493 e. The number of halogens is 1. The monoisotopic (exact) mass is 362 g/mol. The maximum absolute atomic E-state index is 12.7. The number of hydrogen-bond donors (Lipinski definition) is 1. The fraction of sp³-hybridized carbons (Fsp3) is 0.316. The summed E-state index contributed by atoms with van der Waals surface area (Å²) in [5.74, 6) is 0.617. The first-order valence-electron chi connectivity index (χ1n) is 8.00. The number of hydrogen-bond acceptors (Lipinski definition) is 4. The van der Waals surface area contributed by atoms with Gasteiger partial charge in [-0.25, -0.2) is 0 Å². The topological polar surface area (TPSA) is 50.8 Å². The summed E-state index contributed by atoms with van der Waals surface area (Å²) in [6.07, 6.45) is 0. The lowest BCUT2D eigenvalue weighted by atomic mass is 10.1. The van der Waals surface area contributed by atoms with Gasteiger partial charge < -0.3 is 19.7 Å². The highest BCUT2D eigenvalue weighted by Crippen LogP contribution is 2.36. The van der Waals surface area contributed by atoms with Gasteiger partial charge in [0.2, 0.25) is 0 Å². The van der Waals surface area contributed by atoms with E-state index in [1.165, 1.54) is 7.11 Å². The summed E-state index contributed by atoms with van der Waals surface area (Å²) < 4.78 is 10.8. The van der Waals surface area contributed by atoms with Crippen molar-refractivity contribution < 1.29 is 14.3 Å². The fourth-order valence-electron chi connectivity index (χ4n) is 2.45. The molecule has 0 saturated heterocycles. The van der Waals surface area contributed by atoms with Crippen LogP contribution in [0.5, 0.6) is 11.5 Å². The van der Waals surface area contributed by atoms with Gasteiger partial charge in [-0.15, -0.1) is 0 Å². The first kappa shape index (κ1) is 19.1. The third-order valence-corrected chi connectivity index (χ3v) is 3.81. The van der Waals surface area contributed by atoms with Crippen LogP contribution in [0.1, 0.15) is 22.8 Å². The van der Waals surface area contributed by atoms with Crippen LogP contribution in [-0.2, 0) is 6.54 Å². The van der Waals surface area contributed by atoms with E-state index in [2.05, 4.69) is 5.32 Å². The molecule has 0 heterocycles. The summed E-state index contributed by atoms with van der Waals surface area (Å²) in [6, 6.07) is 10.9. The van der Waals surface area contributed by atoms with E-state index in [-0.39, 0.29) is 5.91 Å². The van der Waals surface area contributed by atoms with Gasteiger partial charge in [-0.3, -0.25) is 4.79 Å². The van der Waals surface area contributed by atoms with E-state index in [1.54, 1.807) is 12.1 Å². The molecule has 0 radical (unpaired) electrons. The molecule has 1 N–H and O–H groups in total. The smallest absolute Gasteiger partial charge is 0.255 e. The van der Waals surface area contributed by atoms with Crippen molar-refractivity contribution in [3.8, 4) is 11.5 Å². The standard InChI is InChI=1S/C19H23ClN2O3/c1-5-25-18-15(20)10-14(11-17(18)24-4)19(23)21-16-9-7-6-8-13(16)12-22(2)3/h6-11H,5,12H2,1-4H3,(H,21,23). The maximum Gasteiger partial charge on any atom is 0.255 e. The Morgan fingerprint density at radius 3 is 2.60 bits per heavy atom. The molecule has 0 atom stereocenters. The molecule has 6 heteroatoms. The fourth-order valence-corrected chi connectivity index (χ4v) is 2.72. The molecule has 1 amide bonds. The normalized spacial score (nSPS) is 10.6. The molecular weight excluding hydrogens is 340 g/mol. The molecule has 134 valence electrons. The van der Waals surface area contributed by atoms with Gasteiger partial charge in [-0.1, -0.05) is 29.8 Å². The summed E-state index contributed by atoms with van der Waals surface area (Å²) in [5, 5.41) is 3.28. The molecule has 0 aliphatic heterocycles. The van der Waals surface area contributed by atoms with Crippen molar-refractivity contribution in [2.45, 2.75) is 13.5 Å². The van der Waals surface area contributed by atoms with Gasteiger partial charge in [0.15, 0.2) is 11.5 Å². The molecular formula is C19H23ClN2O3. The highest BCUT2D eigenvalue weighted by atomic mass is 35.5. The predicted molar refractivity (Wildman–Crippen MR) is 101 cm³/mol. The molecule has 5 nitrogen and oxygen atoms in total. The van der Waals surface area contributed by atoms with E-state index in [0.717, 1.165) is 17.8 Å². The van der Waals surface area contributed by atoms with Crippen molar-refractivity contribution in [2.75, 3.05) is 33.1 Å². The maximum atomic E-state index is 12.7. The lowest BCUT2D eigenvalue weighted by Gasteiger charge is -2.16. The molecule has 2 aromatic carbocycles. The van der Waals surface area contributed by atoms with Gasteiger partial charge in [-0.2, -0.15) is 0 Å². The van der Waals surface area contributed by atoms with Gasteiger partial charge in [-0.05, 0) is 44.8 Å². The molecule has 25 heavy (non-hydrogen) atoms. The van der Waals surface area contributed by atoms with Crippen LogP contribution in [0.3, 0.4) is 0 Å². The van der Waals surface area contributed by atoms with Crippen LogP contribution in [0, 0.1) is 0 Å². The number of anilines is 1. The zero-order chi connectivity index (χ0) is 18.4. The van der Waals surface area contributed by atoms with Gasteiger partial charge in [0, 0.05) is 17.8 Å². The molecule has 0 fully saturated rings. The molecule has 2 aromatic rings. The van der Waals surface area contributed by atoms with E-state index < -0.39 is 0 Å². The predicted octanol–water partition coefficient (Wildman–Crippen LogP) is 4.06. The third-order valence-electron chi connectivity index (χ3n) is 3.53. The SMILES string of the molecule is CCOc1c(Cl)cc(C(=O)Nc2ccccc2CN(C)C)cc1OC. The molecule has 0 bridgehead atoms. The Kier molecular flexibility index (Phi) is 6.67. The number of rotatable bonds is 7. The first-order chi connectivity index (χ1) is 12.0. The highest BCUT2D eigenvalue weighted by Gasteiger charge is 2.16. The highest BCUT2D eigenvalue weighted by molar-refractivity contribution is 6.32. The Morgan fingerprint density at radius 1 is 1.24 bits per heavy atom. The van der Waals surface area contributed by atoms with Crippen molar-refractivity contribution in [3.05, 3.63) is 52.5 Å². The average Bonchev–Trinajstić information content (AvgIpc) is 2.57. The lowest BCUT2D eigenvalue weighted by Crippen LogP contribution is -2.17. The lowest BCUT2D eigenvalue weighted by molar-refractivity contribution is 0.102. The van der Waals surface area contributed by atoms with Crippen LogP contribution >= 0.6 is 11.6 Å².